The summed E-state index contributed by atoms with van der Waals surface area (Å²) >= 11 is 0. The second-order valence-corrected chi connectivity index (χ2v) is 4.71. The highest BCUT2D eigenvalue weighted by Gasteiger charge is 2.09. The number of rotatable bonds is 3. The lowest BCUT2D eigenvalue weighted by molar-refractivity contribution is 0.415. The van der Waals surface area contributed by atoms with Crippen LogP contribution in [0.15, 0.2) is 47.3 Å². The smallest absolute Gasteiger partial charge is 0.272 e. The van der Waals surface area contributed by atoms with Gasteiger partial charge in [-0.25, -0.2) is 5.10 Å². The molecule has 0 aliphatic heterocycles. The predicted molar refractivity (Wildman–Crippen MR) is 82.2 cm³/mol. The first-order valence-corrected chi connectivity index (χ1v) is 6.58. The van der Waals surface area contributed by atoms with Gasteiger partial charge < -0.3 is 10.5 Å². The van der Waals surface area contributed by atoms with Crippen LogP contribution < -0.4 is 16.0 Å². The van der Waals surface area contributed by atoms with E-state index in [-0.39, 0.29) is 5.56 Å². The van der Waals surface area contributed by atoms with E-state index >= 15 is 0 Å². The van der Waals surface area contributed by atoms with Crippen LogP contribution in [0.2, 0.25) is 0 Å². The van der Waals surface area contributed by atoms with E-state index in [1.165, 1.54) is 0 Å². The SMILES string of the molecule is COc1ccc2c(=O)[nH]nc(-c3ccc(CN)cc3)c2c1. The topological polar surface area (TPSA) is 81.0 Å². The van der Waals surface area contributed by atoms with Crippen LogP contribution in [0, 0.1) is 0 Å². The van der Waals surface area contributed by atoms with Crippen molar-refractivity contribution >= 4 is 10.8 Å². The summed E-state index contributed by atoms with van der Waals surface area (Å²) in [6.45, 7) is 0.494. The Kier molecular flexibility index (Phi) is 3.41. The number of nitrogens with two attached hydrogens (primary N) is 1. The molecule has 0 unspecified atom stereocenters. The number of hydrogen-bond acceptors (Lipinski definition) is 4. The highest BCUT2D eigenvalue weighted by molar-refractivity contribution is 5.94. The Morgan fingerprint density at radius 2 is 1.90 bits per heavy atom. The number of H-pyrrole nitrogens is 1. The van der Waals surface area contributed by atoms with Gasteiger partial charge in [0.1, 0.15) is 5.75 Å². The summed E-state index contributed by atoms with van der Waals surface area (Å²) in [7, 11) is 1.59. The molecule has 1 heterocycles. The van der Waals surface area contributed by atoms with Crippen molar-refractivity contribution in [2.75, 3.05) is 7.11 Å². The molecule has 0 radical (unpaired) electrons. The monoisotopic (exact) mass is 281 g/mol. The van der Waals surface area contributed by atoms with E-state index in [4.69, 9.17) is 10.5 Å². The van der Waals surface area contributed by atoms with Crippen molar-refractivity contribution in [3.8, 4) is 17.0 Å². The van der Waals surface area contributed by atoms with Gasteiger partial charge >= 0.3 is 0 Å². The van der Waals surface area contributed by atoms with Crippen molar-refractivity contribution in [1.82, 2.24) is 10.2 Å². The van der Waals surface area contributed by atoms with Crippen LogP contribution in [-0.4, -0.2) is 17.3 Å². The highest BCUT2D eigenvalue weighted by Crippen LogP contribution is 2.27. The number of hydrogen-bond donors (Lipinski definition) is 2. The van der Waals surface area contributed by atoms with Crippen molar-refractivity contribution in [1.29, 1.82) is 0 Å². The summed E-state index contributed by atoms with van der Waals surface area (Å²) < 4.78 is 5.23. The molecule has 0 saturated carbocycles. The van der Waals surface area contributed by atoms with Gasteiger partial charge in [-0.3, -0.25) is 4.79 Å². The number of ether oxygens (including phenoxy) is 1. The molecule has 5 nitrogen and oxygen atoms in total. The summed E-state index contributed by atoms with van der Waals surface area (Å²) in [6, 6.07) is 13.1. The third-order valence-corrected chi connectivity index (χ3v) is 3.46. The van der Waals surface area contributed by atoms with Crippen LogP contribution in [0.25, 0.3) is 22.0 Å². The Morgan fingerprint density at radius 1 is 1.14 bits per heavy atom. The average molecular weight is 281 g/mol. The van der Waals surface area contributed by atoms with Gasteiger partial charge in [0.15, 0.2) is 0 Å². The molecular formula is C16H15N3O2. The Bertz CT molecular complexity index is 838. The molecule has 0 atom stereocenters. The van der Waals surface area contributed by atoms with Gasteiger partial charge in [-0.05, 0) is 23.8 Å². The summed E-state index contributed by atoms with van der Waals surface area (Å²) in [6.07, 6.45) is 0. The molecule has 3 N–H and O–H groups in total. The van der Waals surface area contributed by atoms with Crippen LogP contribution in [0.1, 0.15) is 5.56 Å². The van der Waals surface area contributed by atoms with Crippen molar-refractivity contribution in [3.63, 3.8) is 0 Å². The minimum Gasteiger partial charge on any atom is -0.497 e. The molecule has 1 aromatic heterocycles. The second-order valence-electron chi connectivity index (χ2n) is 4.71. The fraction of sp³-hybridized carbons (Fsp3) is 0.125. The van der Waals surface area contributed by atoms with Gasteiger partial charge in [-0.15, -0.1) is 0 Å². The number of aromatic nitrogens is 2. The van der Waals surface area contributed by atoms with Crippen LogP contribution in [0.5, 0.6) is 5.75 Å². The zero-order chi connectivity index (χ0) is 14.8. The lowest BCUT2D eigenvalue weighted by Crippen LogP contribution is -2.09. The normalized spacial score (nSPS) is 10.8. The molecule has 0 bridgehead atoms. The van der Waals surface area contributed by atoms with E-state index in [1.54, 1.807) is 19.2 Å². The third-order valence-electron chi connectivity index (χ3n) is 3.46. The van der Waals surface area contributed by atoms with Crippen LogP contribution in [0.3, 0.4) is 0 Å². The van der Waals surface area contributed by atoms with Crippen molar-refractivity contribution in [2.45, 2.75) is 6.54 Å². The molecule has 106 valence electrons. The van der Waals surface area contributed by atoms with Gasteiger partial charge in [0.2, 0.25) is 0 Å². The van der Waals surface area contributed by atoms with Gasteiger partial charge in [-0.2, -0.15) is 5.10 Å². The Labute approximate surface area is 121 Å². The third kappa shape index (κ3) is 2.39. The van der Waals surface area contributed by atoms with Gasteiger partial charge in [0.25, 0.3) is 5.56 Å². The fourth-order valence-electron chi connectivity index (χ4n) is 2.29. The average Bonchev–Trinajstić information content (AvgIpc) is 2.55. The van der Waals surface area contributed by atoms with E-state index in [9.17, 15) is 4.79 Å². The minimum absolute atomic E-state index is 0.213. The maximum Gasteiger partial charge on any atom is 0.272 e. The summed E-state index contributed by atoms with van der Waals surface area (Å²) in [4.78, 5) is 11.9. The molecule has 0 amide bonds. The first-order chi connectivity index (χ1) is 10.2. The van der Waals surface area contributed by atoms with Crippen LogP contribution >= 0.6 is 0 Å². The van der Waals surface area contributed by atoms with E-state index < -0.39 is 0 Å². The van der Waals surface area contributed by atoms with Crippen LogP contribution in [-0.2, 0) is 6.54 Å². The molecule has 3 aromatic rings. The first kappa shape index (κ1) is 13.3. The molecule has 0 aliphatic rings. The Hall–Kier alpha value is -2.66. The fourth-order valence-corrected chi connectivity index (χ4v) is 2.29. The maximum atomic E-state index is 11.9. The summed E-state index contributed by atoms with van der Waals surface area (Å²) in [5.74, 6) is 0.690. The summed E-state index contributed by atoms with van der Waals surface area (Å²) in [5, 5.41) is 8.07. The Balaban J connectivity index is 2.25. The number of benzene rings is 2. The molecule has 0 spiro atoms. The van der Waals surface area contributed by atoms with Gasteiger partial charge in [-0.1, -0.05) is 24.3 Å². The maximum absolute atomic E-state index is 11.9. The zero-order valence-electron chi connectivity index (χ0n) is 11.6. The van der Waals surface area contributed by atoms with Crippen molar-refractivity contribution in [3.05, 3.63) is 58.4 Å². The highest BCUT2D eigenvalue weighted by atomic mass is 16.5. The molecule has 3 rings (SSSR count). The Morgan fingerprint density at radius 3 is 2.57 bits per heavy atom. The number of methoxy groups -OCH3 is 1. The quantitative estimate of drug-likeness (QED) is 0.770. The van der Waals surface area contributed by atoms with E-state index in [0.717, 1.165) is 16.5 Å². The summed E-state index contributed by atoms with van der Waals surface area (Å²) in [5.41, 5.74) is 8.07. The van der Waals surface area contributed by atoms with E-state index in [1.807, 2.05) is 30.3 Å². The molecule has 5 heteroatoms. The van der Waals surface area contributed by atoms with Gasteiger partial charge in [0.05, 0.1) is 18.2 Å². The van der Waals surface area contributed by atoms with Gasteiger partial charge in [0, 0.05) is 17.5 Å². The lowest BCUT2D eigenvalue weighted by atomic mass is 10.0. The van der Waals surface area contributed by atoms with Crippen molar-refractivity contribution in [2.24, 2.45) is 5.73 Å². The van der Waals surface area contributed by atoms with Crippen LogP contribution in [0.4, 0.5) is 0 Å². The molecule has 2 aromatic carbocycles. The number of fused-ring (bicyclic) bond motifs is 1. The lowest BCUT2D eigenvalue weighted by Gasteiger charge is -2.07. The standard InChI is InChI=1S/C16H15N3O2/c1-21-12-6-7-13-14(8-12)15(18-19-16(13)20)11-4-2-10(9-17)3-5-11/h2-8H,9,17H2,1H3,(H,19,20). The molecule has 0 saturated heterocycles. The second kappa shape index (κ2) is 5.38. The molecule has 0 fully saturated rings. The zero-order valence-corrected chi connectivity index (χ0v) is 11.6. The molecule has 21 heavy (non-hydrogen) atoms. The van der Waals surface area contributed by atoms with E-state index in [2.05, 4.69) is 10.2 Å². The van der Waals surface area contributed by atoms with Crippen molar-refractivity contribution < 1.29 is 4.74 Å². The molecule has 0 aliphatic carbocycles. The first-order valence-electron chi connectivity index (χ1n) is 6.58. The largest absolute Gasteiger partial charge is 0.497 e. The molecular weight excluding hydrogens is 266 g/mol. The predicted octanol–water partition coefficient (Wildman–Crippen LogP) is 2.06. The van der Waals surface area contributed by atoms with E-state index in [0.29, 0.717) is 23.4 Å². The number of nitrogens with zero attached hydrogens (tertiary/aromatic N) is 1. The number of nitrogens with one attached hydrogen (secondary N) is 1. The minimum atomic E-state index is -0.213. The number of aromatic amines is 1.